The largest absolute Gasteiger partial charge is 0.497 e. The van der Waals surface area contributed by atoms with Crippen molar-refractivity contribution in [2.45, 2.75) is 0 Å². The second kappa shape index (κ2) is 6.36. The third kappa shape index (κ3) is 3.08. The van der Waals surface area contributed by atoms with Gasteiger partial charge in [0.15, 0.2) is 11.5 Å². The average Bonchev–Trinajstić information content (AvgIpc) is 3.23. The van der Waals surface area contributed by atoms with Crippen LogP contribution in [0.4, 0.5) is 0 Å². The molecule has 25 heavy (non-hydrogen) atoms. The topological polar surface area (TPSA) is 54.0 Å². The fourth-order valence-electron chi connectivity index (χ4n) is 2.77. The highest BCUT2D eigenvalue weighted by atomic mass is 16.7. The highest BCUT2D eigenvalue weighted by Crippen LogP contribution is 2.34. The zero-order chi connectivity index (χ0) is 17.2. The minimum atomic E-state index is -0.317. The maximum Gasteiger partial charge on any atom is 0.338 e. The van der Waals surface area contributed by atoms with Crippen molar-refractivity contribution < 1.29 is 23.7 Å². The number of fused-ring (bicyclic) bond motifs is 1. The molecule has 2 aliphatic rings. The van der Waals surface area contributed by atoms with E-state index in [2.05, 4.69) is 0 Å². The van der Waals surface area contributed by atoms with E-state index >= 15 is 0 Å². The standard InChI is InChI=1S/C20H16O5/c1-22-16-5-2-13(3-6-16)9-17-15(11-23-20(17)21)8-14-4-7-18-19(10-14)25-12-24-18/h2-10H,11-12H2,1H3/b15-8-,17-9+. The maximum atomic E-state index is 12.1. The Morgan fingerprint density at radius 3 is 2.48 bits per heavy atom. The number of carbonyl (C=O) groups excluding carboxylic acids is 1. The van der Waals surface area contributed by atoms with Crippen molar-refractivity contribution in [2.24, 2.45) is 0 Å². The second-order valence-electron chi connectivity index (χ2n) is 5.69. The first-order chi connectivity index (χ1) is 12.2. The third-order valence-electron chi connectivity index (χ3n) is 4.09. The number of hydrogen-bond donors (Lipinski definition) is 0. The van der Waals surface area contributed by atoms with E-state index in [-0.39, 0.29) is 19.4 Å². The number of carbonyl (C=O) groups is 1. The Bertz CT molecular complexity index is 877. The predicted molar refractivity (Wildman–Crippen MR) is 92.5 cm³/mol. The summed E-state index contributed by atoms with van der Waals surface area (Å²) in [6, 6.07) is 13.2. The molecule has 0 atom stereocenters. The highest BCUT2D eigenvalue weighted by Gasteiger charge is 2.24. The first-order valence-corrected chi connectivity index (χ1v) is 7.86. The van der Waals surface area contributed by atoms with Crippen molar-refractivity contribution in [3.05, 3.63) is 64.7 Å². The summed E-state index contributed by atoms with van der Waals surface area (Å²) in [5, 5.41) is 0. The van der Waals surface area contributed by atoms with Crippen LogP contribution in [0, 0.1) is 0 Å². The van der Waals surface area contributed by atoms with E-state index < -0.39 is 0 Å². The summed E-state index contributed by atoms with van der Waals surface area (Å²) in [6.07, 6.45) is 3.76. The summed E-state index contributed by atoms with van der Waals surface area (Å²) < 4.78 is 21.1. The molecule has 0 bridgehead atoms. The summed E-state index contributed by atoms with van der Waals surface area (Å²) in [6.45, 7) is 0.495. The molecule has 4 rings (SSSR count). The van der Waals surface area contributed by atoms with Gasteiger partial charge in [-0.05, 0) is 47.5 Å². The number of hydrogen-bond acceptors (Lipinski definition) is 5. The van der Waals surface area contributed by atoms with Crippen LogP contribution in [0.3, 0.4) is 0 Å². The molecule has 0 aliphatic carbocycles. The van der Waals surface area contributed by atoms with Crippen LogP contribution in [0.2, 0.25) is 0 Å². The molecule has 0 amide bonds. The number of cyclic esters (lactones) is 1. The molecule has 0 aromatic heterocycles. The molecule has 0 spiro atoms. The highest BCUT2D eigenvalue weighted by molar-refractivity contribution is 6.02. The molecule has 2 aliphatic heterocycles. The lowest BCUT2D eigenvalue weighted by molar-refractivity contribution is -0.134. The summed E-state index contributed by atoms with van der Waals surface area (Å²) in [7, 11) is 1.62. The van der Waals surface area contributed by atoms with Gasteiger partial charge in [0.2, 0.25) is 6.79 Å². The molecule has 5 nitrogen and oxygen atoms in total. The molecular weight excluding hydrogens is 320 g/mol. The van der Waals surface area contributed by atoms with Crippen molar-refractivity contribution in [3.63, 3.8) is 0 Å². The molecule has 126 valence electrons. The summed E-state index contributed by atoms with van der Waals surface area (Å²) in [5.74, 6) is 1.89. The van der Waals surface area contributed by atoms with Gasteiger partial charge >= 0.3 is 5.97 Å². The van der Waals surface area contributed by atoms with Gasteiger partial charge in [0, 0.05) is 5.57 Å². The lowest BCUT2D eigenvalue weighted by atomic mass is 10.0. The predicted octanol–water partition coefficient (Wildman–Crippen LogP) is 3.45. The molecule has 2 aromatic rings. The van der Waals surface area contributed by atoms with Gasteiger partial charge in [-0.1, -0.05) is 18.2 Å². The Kier molecular flexibility index (Phi) is 3.90. The van der Waals surface area contributed by atoms with Crippen LogP contribution in [-0.4, -0.2) is 26.5 Å². The van der Waals surface area contributed by atoms with Gasteiger partial charge in [-0.25, -0.2) is 4.79 Å². The van der Waals surface area contributed by atoms with E-state index in [1.54, 1.807) is 7.11 Å². The minimum Gasteiger partial charge on any atom is -0.497 e. The minimum absolute atomic E-state index is 0.236. The quantitative estimate of drug-likeness (QED) is 0.635. The average molecular weight is 336 g/mol. The Labute approximate surface area is 145 Å². The van der Waals surface area contributed by atoms with Gasteiger partial charge in [0.1, 0.15) is 12.4 Å². The van der Waals surface area contributed by atoms with Gasteiger partial charge in [0.25, 0.3) is 0 Å². The van der Waals surface area contributed by atoms with Crippen LogP contribution in [0.25, 0.3) is 12.2 Å². The Hall–Kier alpha value is -3.21. The van der Waals surface area contributed by atoms with E-state index in [1.165, 1.54) is 0 Å². The van der Waals surface area contributed by atoms with Crippen LogP contribution in [0.1, 0.15) is 11.1 Å². The summed E-state index contributed by atoms with van der Waals surface area (Å²) in [5.41, 5.74) is 3.23. The Morgan fingerprint density at radius 2 is 1.68 bits per heavy atom. The summed E-state index contributed by atoms with van der Waals surface area (Å²) in [4.78, 5) is 12.1. The van der Waals surface area contributed by atoms with Crippen LogP contribution in [-0.2, 0) is 9.53 Å². The van der Waals surface area contributed by atoms with Gasteiger partial charge in [0.05, 0.1) is 12.7 Å². The molecule has 5 heteroatoms. The molecule has 0 radical (unpaired) electrons. The van der Waals surface area contributed by atoms with Crippen molar-refractivity contribution in [2.75, 3.05) is 20.5 Å². The molecule has 1 saturated heterocycles. The fraction of sp³-hybridized carbons (Fsp3) is 0.150. The Balaban J connectivity index is 1.66. The monoisotopic (exact) mass is 336 g/mol. The first-order valence-electron chi connectivity index (χ1n) is 7.86. The van der Waals surface area contributed by atoms with E-state index in [0.29, 0.717) is 11.3 Å². The SMILES string of the molecule is COc1ccc(/C=C2/C(=O)OC/C2=C/c2ccc3c(c2)OCO3)cc1. The van der Waals surface area contributed by atoms with E-state index in [9.17, 15) is 4.79 Å². The van der Waals surface area contributed by atoms with Crippen molar-refractivity contribution in [1.29, 1.82) is 0 Å². The zero-order valence-electron chi connectivity index (χ0n) is 13.7. The Morgan fingerprint density at radius 1 is 0.920 bits per heavy atom. The number of rotatable bonds is 3. The number of methoxy groups -OCH3 is 1. The van der Waals surface area contributed by atoms with Gasteiger partial charge in [-0.2, -0.15) is 0 Å². The van der Waals surface area contributed by atoms with Crippen LogP contribution >= 0.6 is 0 Å². The summed E-state index contributed by atoms with van der Waals surface area (Å²) >= 11 is 0. The molecule has 2 aromatic carbocycles. The zero-order valence-corrected chi connectivity index (χ0v) is 13.7. The molecule has 2 heterocycles. The lowest BCUT2D eigenvalue weighted by Gasteiger charge is -2.02. The number of esters is 1. The fourth-order valence-corrected chi connectivity index (χ4v) is 2.77. The first kappa shape index (κ1) is 15.3. The molecule has 0 unspecified atom stereocenters. The molecule has 0 N–H and O–H groups in total. The van der Waals surface area contributed by atoms with Crippen LogP contribution in [0.5, 0.6) is 17.2 Å². The van der Waals surface area contributed by atoms with Crippen LogP contribution in [0.15, 0.2) is 53.6 Å². The van der Waals surface area contributed by atoms with Crippen molar-refractivity contribution in [1.82, 2.24) is 0 Å². The van der Waals surface area contributed by atoms with Gasteiger partial charge < -0.3 is 18.9 Å². The molecule has 0 saturated carbocycles. The molecule has 1 fully saturated rings. The van der Waals surface area contributed by atoms with Crippen molar-refractivity contribution in [3.8, 4) is 17.2 Å². The third-order valence-corrected chi connectivity index (χ3v) is 4.09. The van der Waals surface area contributed by atoms with Gasteiger partial charge in [-0.15, -0.1) is 0 Å². The van der Waals surface area contributed by atoms with Crippen LogP contribution < -0.4 is 14.2 Å². The number of ether oxygens (including phenoxy) is 4. The molecular formula is C20H16O5. The van der Waals surface area contributed by atoms with E-state index in [4.69, 9.17) is 18.9 Å². The normalized spacial score (nSPS) is 18.7. The van der Waals surface area contributed by atoms with E-state index in [1.807, 2.05) is 54.6 Å². The van der Waals surface area contributed by atoms with E-state index in [0.717, 1.165) is 28.2 Å². The second-order valence-corrected chi connectivity index (χ2v) is 5.69. The van der Waals surface area contributed by atoms with Crippen molar-refractivity contribution >= 4 is 18.1 Å². The van der Waals surface area contributed by atoms with Gasteiger partial charge in [-0.3, -0.25) is 0 Å². The lowest BCUT2D eigenvalue weighted by Crippen LogP contribution is -1.95. The number of benzene rings is 2. The maximum absolute atomic E-state index is 12.1. The smallest absolute Gasteiger partial charge is 0.338 e.